The Balaban J connectivity index is 1.92. The van der Waals surface area contributed by atoms with Crippen LogP contribution in [0.1, 0.15) is 0 Å². The number of methoxy groups -OCH3 is 3. The highest BCUT2D eigenvalue weighted by atomic mass is 16.5. The molecule has 0 radical (unpaired) electrons. The summed E-state index contributed by atoms with van der Waals surface area (Å²) in [5.74, 6) is 1.58. The molecule has 1 heterocycles. The fourth-order valence-corrected chi connectivity index (χ4v) is 2.52. The molecule has 0 aliphatic carbocycles. The fraction of sp³-hybridized carbons (Fsp3) is 0.211. The van der Waals surface area contributed by atoms with Gasteiger partial charge in [-0.1, -0.05) is 17.3 Å². The van der Waals surface area contributed by atoms with Crippen LogP contribution in [0.25, 0.3) is 22.8 Å². The van der Waals surface area contributed by atoms with Gasteiger partial charge in [0, 0.05) is 12.7 Å². The maximum atomic E-state index is 11.8. The van der Waals surface area contributed by atoms with E-state index >= 15 is 0 Å². The lowest BCUT2D eigenvalue weighted by Crippen LogP contribution is -2.17. The molecule has 0 saturated heterocycles. The van der Waals surface area contributed by atoms with Crippen LogP contribution >= 0.6 is 0 Å². The van der Waals surface area contributed by atoms with Crippen molar-refractivity contribution in [3.63, 3.8) is 0 Å². The van der Waals surface area contributed by atoms with E-state index in [1.54, 1.807) is 44.6 Å². The minimum absolute atomic E-state index is 0.0466. The number of hydrogen-bond acceptors (Lipinski definition) is 7. The molecule has 3 rings (SSSR count). The number of para-hydroxylation sites is 1. The topological polar surface area (TPSA) is 95.7 Å². The van der Waals surface area contributed by atoms with Gasteiger partial charge in [-0.3, -0.25) is 4.79 Å². The third kappa shape index (κ3) is 4.06. The zero-order chi connectivity index (χ0) is 19.2. The van der Waals surface area contributed by atoms with Crippen LogP contribution in [-0.4, -0.2) is 44.0 Å². The molecule has 0 fully saturated rings. The maximum absolute atomic E-state index is 11.8. The fourth-order valence-electron chi connectivity index (χ4n) is 2.52. The van der Waals surface area contributed by atoms with Gasteiger partial charge in [-0.25, -0.2) is 0 Å². The van der Waals surface area contributed by atoms with Crippen molar-refractivity contribution in [2.45, 2.75) is 0 Å². The van der Waals surface area contributed by atoms with E-state index in [1.165, 1.54) is 7.11 Å². The van der Waals surface area contributed by atoms with Gasteiger partial charge < -0.3 is 24.1 Å². The van der Waals surface area contributed by atoms with Crippen LogP contribution in [0.5, 0.6) is 11.5 Å². The summed E-state index contributed by atoms with van der Waals surface area (Å²) in [4.78, 5) is 16.3. The molecule has 0 aliphatic rings. The van der Waals surface area contributed by atoms with Gasteiger partial charge in [0.15, 0.2) is 11.5 Å². The molecule has 3 aromatic rings. The van der Waals surface area contributed by atoms with Gasteiger partial charge in [0.1, 0.15) is 6.61 Å². The molecule has 0 atom stereocenters. The van der Waals surface area contributed by atoms with E-state index < -0.39 is 0 Å². The quantitative estimate of drug-likeness (QED) is 0.684. The average molecular weight is 369 g/mol. The molecule has 8 nitrogen and oxygen atoms in total. The predicted molar refractivity (Wildman–Crippen MR) is 98.8 cm³/mol. The predicted octanol–water partition coefficient (Wildman–Crippen LogP) is 3.01. The molecular formula is C19H19N3O5. The van der Waals surface area contributed by atoms with Gasteiger partial charge in [-0.2, -0.15) is 4.98 Å². The van der Waals surface area contributed by atoms with Crippen molar-refractivity contribution in [3.8, 4) is 34.3 Å². The largest absolute Gasteiger partial charge is 0.493 e. The monoisotopic (exact) mass is 369 g/mol. The first kappa shape index (κ1) is 18.4. The second-order valence-corrected chi connectivity index (χ2v) is 5.52. The minimum atomic E-state index is -0.274. The van der Waals surface area contributed by atoms with Crippen LogP contribution in [0.15, 0.2) is 47.0 Å². The summed E-state index contributed by atoms with van der Waals surface area (Å²) in [7, 11) is 4.58. The Kier molecular flexibility index (Phi) is 5.68. The van der Waals surface area contributed by atoms with Crippen LogP contribution in [0, 0.1) is 0 Å². The summed E-state index contributed by atoms with van der Waals surface area (Å²) >= 11 is 0. The van der Waals surface area contributed by atoms with Gasteiger partial charge in [-0.15, -0.1) is 0 Å². The molecule has 1 N–H and O–H groups in total. The number of ether oxygens (including phenoxy) is 3. The Bertz CT molecular complexity index is 939. The summed E-state index contributed by atoms with van der Waals surface area (Å²) < 4.78 is 20.8. The molecule has 0 bridgehead atoms. The first-order chi connectivity index (χ1) is 13.2. The number of amides is 1. The van der Waals surface area contributed by atoms with Crippen LogP contribution < -0.4 is 14.8 Å². The van der Waals surface area contributed by atoms with E-state index in [9.17, 15) is 4.79 Å². The molecule has 0 unspecified atom stereocenters. The van der Waals surface area contributed by atoms with Gasteiger partial charge in [-0.05, 0) is 30.3 Å². The normalized spacial score (nSPS) is 10.5. The Morgan fingerprint density at radius 1 is 1.07 bits per heavy atom. The van der Waals surface area contributed by atoms with Gasteiger partial charge in [0.2, 0.25) is 11.7 Å². The molecular weight excluding hydrogens is 350 g/mol. The van der Waals surface area contributed by atoms with Crippen LogP contribution in [0.2, 0.25) is 0 Å². The summed E-state index contributed by atoms with van der Waals surface area (Å²) in [5, 5.41) is 6.79. The van der Waals surface area contributed by atoms with E-state index in [0.717, 1.165) is 0 Å². The first-order valence-corrected chi connectivity index (χ1v) is 8.10. The van der Waals surface area contributed by atoms with Crippen molar-refractivity contribution < 1.29 is 23.5 Å². The number of anilines is 1. The van der Waals surface area contributed by atoms with E-state index in [4.69, 9.17) is 18.7 Å². The van der Waals surface area contributed by atoms with E-state index in [1.807, 2.05) is 12.1 Å². The average Bonchev–Trinajstić information content (AvgIpc) is 3.18. The van der Waals surface area contributed by atoms with Crippen molar-refractivity contribution in [1.82, 2.24) is 10.1 Å². The van der Waals surface area contributed by atoms with Crippen LogP contribution in [0.3, 0.4) is 0 Å². The third-order valence-corrected chi connectivity index (χ3v) is 3.77. The lowest BCUT2D eigenvalue weighted by molar-refractivity contribution is -0.119. The van der Waals surface area contributed by atoms with Gasteiger partial charge in [0.05, 0.1) is 25.5 Å². The summed E-state index contributed by atoms with van der Waals surface area (Å²) in [6, 6.07) is 12.5. The highest BCUT2D eigenvalue weighted by Crippen LogP contribution is 2.33. The number of nitrogens with zero attached hydrogens (tertiary/aromatic N) is 2. The first-order valence-electron chi connectivity index (χ1n) is 8.10. The second-order valence-electron chi connectivity index (χ2n) is 5.52. The zero-order valence-corrected chi connectivity index (χ0v) is 15.2. The van der Waals surface area contributed by atoms with Crippen LogP contribution in [0.4, 0.5) is 5.69 Å². The Hall–Kier alpha value is -3.39. The summed E-state index contributed by atoms with van der Waals surface area (Å²) in [6.45, 7) is -0.0466. The SMILES string of the molecule is COCC(=O)Nc1ccccc1-c1nc(-c2ccc(OC)c(OC)c2)no1. The highest BCUT2D eigenvalue weighted by Gasteiger charge is 2.16. The Morgan fingerprint density at radius 2 is 1.85 bits per heavy atom. The highest BCUT2D eigenvalue weighted by molar-refractivity contribution is 5.95. The minimum Gasteiger partial charge on any atom is -0.493 e. The van der Waals surface area contributed by atoms with Crippen molar-refractivity contribution in [2.75, 3.05) is 33.3 Å². The molecule has 1 aromatic heterocycles. The molecule has 8 heteroatoms. The molecule has 2 aromatic carbocycles. The molecule has 140 valence electrons. The van der Waals surface area contributed by atoms with Gasteiger partial charge in [0.25, 0.3) is 5.89 Å². The number of aromatic nitrogens is 2. The number of rotatable bonds is 7. The lowest BCUT2D eigenvalue weighted by atomic mass is 10.1. The Morgan fingerprint density at radius 3 is 2.59 bits per heavy atom. The molecule has 27 heavy (non-hydrogen) atoms. The van der Waals surface area contributed by atoms with Crippen LogP contribution in [-0.2, 0) is 9.53 Å². The van der Waals surface area contributed by atoms with Gasteiger partial charge >= 0.3 is 0 Å². The van der Waals surface area contributed by atoms with Crippen molar-refractivity contribution >= 4 is 11.6 Å². The molecule has 0 spiro atoms. The number of benzene rings is 2. The van der Waals surface area contributed by atoms with Crippen molar-refractivity contribution in [3.05, 3.63) is 42.5 Å². The van der Waals surface area contributed by atoms with Crippen molar-refractivity contribution in [1.29, 1.82) is 0 Å². The molecule has 0 aliphatic heterocycles. The molecule has 1 amide bonds. The summed E-state index contributed by atoms with van der Waals surface area (Å²) in [6.07, 6.45) is 0. The van der Waals surface area contributed by atoms with E-state index in [-0.39, 0.29) is 18.4 Å². The number of carbonyl (C=O) groups is 1. The maximum Gasteiger partial charge on any atom is 0.260 e. The standard InChI is InChI=1S/C19H19N3O5/c1-24-11-17(23)20-14-7-5-4-6-13(14)19-21-18(22-27-19)12-8-9-15(25-2)16(10-12)26-3/h4-10H,11H2,1-3H3,(H,20,23). The number of hydrogen-bond donors (Lipinski definition) is 1. The number of nitrogens with one attached hydrogen (secondary N) is 1. The van der Waals surface area contributed by atoms with E-state index in [0.29, 0.717) is 34.1 Å². The third-order valence-electron chi connectivity index (χ3n) is 3.77. The van der Waals surface area contributed by atoms with Crippen molar-refractivity contribution in [2.24, 2.45) is 0 Å². The zero-order valence-electron chi connectivity index (χ0n) is 15.2. The number of carbonyl (C=O) groups excluding carboxylic acids is 1. The second kappa shape index (κ2) is 8.33. The Labute approximate surface area is 156 Å². The summed E-state index contributed by atoms with van der Waals surface area (Å²) in [5.41, 5.74) is 1.88. The smallest absolute Gasteiger partial charge is 0.260 e. The van der Waals surface area contributed by atoms with E-state index in [2.05, 4.69) is 15.5 Å². The lowest BCUT2D eigenvalue weighted by Gasteiger charge is -2.08. The molecule has 0 saturated carbocycles.